The summed E-state index contributed by atoms with van der Waals surface area (Å²) < 4.78 is 23.5. The molecule has 0 bridgehead atoms. The van der Waals surface area contributed by atoms with Crippen LogP contribution in [0.25, 0.3) is 0 Å². The van der Waals surface area contributed by atoms with Gasteiger partial charge >= 0.3 is 0 Å². The fourth-order valence-electron chi connectivity index (χ4n) is 2.19. The lowest BCUT2D eigenvalue weighted by Gasteiger charge is -2.20. The van der Waals surface area contributed by atoms with Crippen molar-refractivity contribution in [1.82, 2.24) is 5.32 Å². The van der Waals surface area contributed by atoms with E-state index in [9.17, 15) is 4.21 Å². The second kappa shape index (κ2) is 8.36. The predicted octanol–water partition coefficient (Wildman–Crippen LogP) is 1.32. The van der Waals surface area contributed by atoms with Gasteiger partial charge in [-0.05, 0) is 31.5 Å². The van der Waals surface area contributed by atoms with Gasteiger partial charge in [0.25, 0.3) is 0 Å². The van der Waals surface area contributed by atoms with Crippen LogP contribution >= 0.6 is 0 Å². The van der Waals surface area contributed by atoms with Gasteiger partial charge in [0, 0.05) is 29.4 Å². The molecule has 1 aromatic rings. The normalized spacial score (nSPS) is 16.5. The minimum absolute atomic E-state index is 0.0592. The van der Waals surface area contributed by atoms with Gasteiger partial charge in [0.2, 0.25) is 0 Å². The van der Waals surface area contributed by atoms with E-state index in [1.54, 1.807) is 6.07 Å². The summed E-state index contributed by atoms with van der Waals surface area (Å²) in [5.41, 5.74) is 0. The maximum Gasteiger partial charge on any atom is 0.162 e. The molecule has 0 spiro atoms. The topological polar surface area (TPSA) is 67.8 Å². The first-order valence-corrected chi connectivity index (χ1v) is 8.68. The minimum atomic E-state index is -1.13. The Kier molecular flexibility index (Phi) is 6.48. The monoisotopic (exact) mass is 313 g/mol. The van der Waals surface area contributed by atoms with Gasteiger partial charge in [-0.25, -0.2) is 0 Å². The summed E-state index contributed by atoms with van der Waals surface area (Å²) in [5.74, 6) is 1.85. The second-order valence-corrected chi connectivity index (χ2v) is 6.48. The van der Waals surface area contributed by atoms with Crippen molar-refractivity contribution >= 4 is 10.8 Å². The van der Waals surface area contributed by atoms with Gasteiger partial charge in [0.15, 0.2) is 11.5 Å². The number of rotatable bonds is 8. The van der Waals surface area contributed by atoms with Crippen LogP contribution in [0.4, 0.5) is 0 Å². The van der Waals surface area contributed by atoms with Crippen molar-refractivity contribution in [2.24, 2.45) is 0 Å². The molecular weight excluding hydrogens is 290 g/mol. The second-order valence-electron chi connectivity index (χ2n) is 4.98. The molecule has 0 aromatic heterocycles. The summed E-state index contributed by atoms with van der Waals surface area (Å²) in [4.78, 5) is 0.737. The van der Waals surface area contributed by atoms with Crippen molar-refractivity contribution in [3.63, 3.8) is 0 Å². The summed E-state index contributed by atoms with van der Waals surface area (Å²) in [6.07, 6.45) is 1.62. The Balaban J connectivity index is 2.01. The molecule has 2 atom stereocenters. The van der Waals surface area contributed by atoms with Crippen LogP contribution in [0.1, 0.15) is 19.8 Å². The maximum absolute atomic E-state index is 12.5. The van der Waals surface area contributed by atoms with Crippen molar-refractivity contribution in [2.45, 2.75) is 30.7 Å². The molecule has 0 saturated carbocycles. The first-order valence-electron chi connectivity index (χ1n) is 7.37. The molecule has 1 heterocycles. The third kappa shape index (κ3) is 4.69. The zero-order valence-corrected chi connectivity index (χ0v) is 13.2. The van der Waals surface area contributed by atoms with E-state index in [1.807, 2.05) is 12.1 Å². The van der Waals surface area contributed by atoms with Crippen molar-refractivity contribution in [1.29, 1.82) is 0 Å². The maximum atomic E-state index is 12.5. The third-order valence-corrected chi connectivity index (χ3v) is 4.77. The van der Waals surface area contributed by atoms with Crippen molar-refractivity contribution in [3.05, 3.63) is 18.2 Å². The van der Waals surface area contributed by atoms with Crippen LogP contribution in [0.15, 0.2) is 23.1 Å². The molecule has 0 aliphatic carbocycles. The van der Waals surface area contributed by atoms with Gasteiger partial charge < -0.3 is 19.9 Å². The molecule has 0 fully saturated rings. The molecule has 21 heavy (non-hydrogen) atoms. The third-order valence-electron chi connectivity index (χ3n) is 3.29. The number of hydrogen-bond acceptors (Lipinski definition) is 5. The highest BCUT2D eigenvalue weighted by Gasteiger charge is 2.17. The number of benzene rings is 1. The van der Waals surface area contributed by atoms with Crippen LogP contribution < -0.4 is 14.8 Å². The van der Waals surface area contributed by atoms with Crippen molar-refractivity contribution < 1.29 is 18.8 Å². The number of ether oxygens (including phenoxy) is 2. The van der Waals surface area contributed by atoms with Crippen LogP contribution in [0.2, 0.25) is 0 Å². The molecule has 1 aromatic carbocycles. The molecule has 6 heteroatoms. The summed E-state index contributed by atoms with van der Waals surface area (Å²) in [5, 5.41) is 12.4. The molecule has 0 amide bonds. The van der Waals surface area contributed by atoms with Crippen molar-refractivity contribution in [2.75, 3.05) is 32.1 Å². The number of aliphatic hydroxyl groups excluding tert-OH is 1. The largest absolute Gasteiger partial charge is 0.486 e. The highest BCUT2D eigenvalue weighted by Crippen LogP contribution is 2.31. The van der Waals surface area contributed by atoms with Gasteiger partial charge in [-0.2, -0.15) is 0 Å². The Hall–Kier alpha value is -1.11. The number of hydrogen-bond donors (Lipinski definition) is 2. The van der Waals surface area contributed by atoms with Crippen LogP contribution in [-0.4, -0.2) is 47.5 Å². The lowest BCUT2D eigenvalue weighted by atomic mass is 10.2. The average molecular weight is 313 g/mol. The molecule has 0 saturated heterocycles. The fraction of sp³-hybridized carbons (Fsp3) is 0.600. The highest BCUT2D eigenvalue weighted by atomic mass is 32.2. The molecule has 118 valence electrons. The molecule has 1 aliphatic rings. The first-order chi connectivity index (χ1) is 10.2. The molecule has 2 unspecified atom stereocenters. The standard InChI is InChI=1S/C15H23NO4S/c1-2-6-16-12(5-7-17)11-21(18)13-3-4-14-15(10-13)20-9-8-19-14/h3-4,10,12,16-17H,2,5-9,11H2,1H3. The van der Waals surface area contributed by atoms with Crippen LogP contribution in [-0.2, 0) is 10.8 Å². The molecule has 1 aliphatic heterocycles. The lowest BCUT2D eigenvalue weighted by Crippen LogP contribution is -2.35. The van der Waals surface area contributed by atoms with Crippen LogP contribution in [0.3, 0.4) is 0 Å². The van der Waals surface area contributed by atoms with Gasteiger partial charge in [-0.3, -0.25) is 4.21 Å². The lowest BCUT2D eigenvalue weighted by molar-refractivity contribution is 0.171. The summed E-state index contributed by atoms with van der Waals surface area (Å²) >= 11 is 0. The molecular formula is C15H23NO4S. The average Bonchev–Trinajstić information content (AvgIpc) is 2.52. The van der Waals surface area contributed by atoms with Gasteiger partial charge in [0.05, 0.1) is 10.8 Å². The van der Waals surface area contributed by atoms with E-state index in [4.69, 9.17) is 14.6 Å². The number of aliphatic hydroxyl groups is 1. The molecule has 0 radical (unpaired) electrons. The Labute approximate surface area is 128 Å². The van der Waals surface area contributed by atoms with E-state index >= 15 is 0 Å². The van der Waals surface area contributed by atoms with Gasteiger partial charge in [-0.15, -0.1) is 0 Å². The zero-order valence-electron chi connectivity index (χ0n) is 12.3. The highest BCUT2D eigenvalue weighted by molar-refractivity contribution is 7.85. The summed E-state index contributed by atoms with van der Waals surface area (Å²) in [6.45, 7) is 4.12. The Bertz CT molecular complexity index is 481. The molecule has 2 rings (SSSR count). The molecule has 5 nitrogen and oxygen atoms in total. The van der Waals surface area contributed by atoms with E-state index in [1.165, 1.54) is 0 Å². The Morgan fingerprint density at radius 3 is 2.81 bits per heavy atom. The summed E-state index contributed by atoms with van der Waals surface area (Å²) in [6, 6.07) is 5.48. The molecule has 2 N–H and O–H groups in total. The van der Waals surface area contributed by atoms with E-state index in [-0.39, 0.29) is 12.6 Å². The summed E-state index contributed by atoms with van der Waals surface area (Å²) in [7, 11) is -1.13. The predicted molar refractivity (Wildman–Crippen MR) is 82.5 cm³/mol. The number of nitrogens with one attached hydrogen (secondary N) is 1. The van der Waals surface area contributed by atoms with Gasteiger partial charge in [0.1, 0.15) is 13.2 Å². The fourth-order valence-corrected chi connectivity index (χ4v) is 3.49. The van der Waals surface area contributed by atoms with E-state index in [0.717, 1.165) is 17.9 Å². The number of fused-ring (bicyclic) bond motifs is 1. The zero-order chi connectivity index (χ0) is 15.1. The first kappa shape index (κ1) is 16.3. The van der Waals surface area contributed by atoms with E-state index in [0.29, 0.717) is 36.9 Å². The van der Waals surface area contributed by atoms with Crippen LogP contribution in [0, 0.1) is 0 Å². The van der Waals surface area contributed by atoms with Gasteiger partial charge in [-0.1, -0.05) is 6.92 Å². The Morgan fingerprint density at radius 2 is 2.10 bits per heavy atom. The Morgan fingerprint density at radius 1 is 1.33 bits per heavy atom. The quantitative estimate of drug-likeness (QED) is 0.757. The van der Waals surface area contributed by atoms with Crippen LogP contribution in [0.5, 0.6) is 11.5 Å². The minimum Gasteiger partial charge on any atom is -0.486 e. The van der Waals surface area contributed by atoms with E-state index < -0.39 is 10.8 Å². The van der Waals surface area contributed by atoms with Crippen molar-refractivity contribution in [3.8, 4) is 11.5 Å². The SMILES string of the molecule is CCCNC(CCO)CS(=O)c1ccc2c(c1)OCCO2. The smallest absolute Gasteiger partial charge is 0.162 e. The van der Waals surface area contributed by atoms with E-state index in [2.05, 4.69) is 12.2 Å².